The molecule has 0 aliphatic heterocycles. The topological polar surface area (TPSA) is 64.3 Å². The minimum absolute atomic E-state index is 0.00258. The molecule has 1 aromatic rings. The fourth-order valence-electron chi connectivity index (χ4n) is 1.25. The molecule has 4 nitrogen and oxygen atoms in total. The second-order valence-electron chi connectivity index (χ2n) is 3.70. The van der Waals surface area contributed by atoms with E-state index < -0.39 is 24.8 Å². The summed E-state index contributed by atoms with van der Waals surface area (Å²) in [5.74, 6) is -4.86. The lowest BCUT2D eigenvalue weighted by Crippen LogP contribution is -2.41. The number of hydrogen-bond donors (Lipinski definition) is 2. The van der Waals surface area contributed by atoms with Crippen LogP contribution in [0.4, 0.5) is 23.2 Å². The Balaban J connectivity index is 2.74. The van der Waals surface area contributed by atoms with Gasteiger partial charge in [0.05, 0.1) is 19.2 Å². The summed E-state index contributed by atoms with van der Waals surface area (Å²) in [6, 6.07) is 3.97. The zero-order valence-electron chi connectivity index (χ0n) is 9.92. The van der Waals surface area contributed by atoms with E-state index in [9.17, 15) is 22.4 Å². The zero-order chi connectivity index (χ0) is 14.6. The fourth-order valence-corrected chi connectivity index (χ4v) is 1.25. The van der Waals surface area contributed by atoms with Gasteiger partial charge >= 0.3 is 12.3 Å². The second-order valence-corrected chi connectivity index (χ2v) is 3.70. The first-order chi connectivity index (χ1) is 8.77. The van der Waals surface area contributed by atoms with E-state index in [-0.39, 0.29) is 11.3 Å². The van der Waals surface area contributed by atoms with Crippen molar-refractivity contribution in [2.24, 2.45) is 0 Å². The lowest BCUT2D eigenvalue weighted by atomic mass is 10.1. The largest absolute Gasteiger partial charge is 0.497 e. The van der Waals surface area contributed by atoms with Crippen LogP contribution < -0.4 is 15.8 Å². The Morgan fingerprint density at radius 2 is 2.11 bits per heavy atom. The number of alkyl halides is 4. The molecule has 19 heavy (non-hydrogen) atoms. The van der Waals surface area contributed by atoms with E-state index in [2.05, 4.69) is 0 Å². The van der Waals surface area contributed by atoms with E-state index in [0.717, 1.165) is 0 Å². The first-order valence-electron chi connectivity index (χ1n) is 5.15. The minimum atomic E-state index is -4.28. The molecule has 0 fully saturated rings. The van der Waals surface area contributed by atoms with Gasteiger partial charge in [0.1, 0.15) is 5.75 Å². The molecule has 0 bridgehead atoms. The maximum atomic E-state index is 12.6. The highest BCUT2D eigenvalue weighted by Gasteiger charge is 2.40. The molecular formula is C11H12F4N2O2. The quantitative estimate of drug-likeness (QED) is 0.639. The van der Waals surface area contributed by atoms with Crippen LogP contribution in [-0.2, 0) is 0 Å². The van der Waals surface area contributed by atoms with Crippen LogP contribution >= 0.6 is 0 Å². The predicted molar refractivity (Wildman–Crippen MR) is 60.7 cm³/mol. The molecule has 1 rings (SSSR count). The maximum absolute atomic E-state index is 12.6. The van der Waals surface area contributed by atoms with Crippen molar-refractivity contribution in [3.05, 3.63) is 23.8 Å². The van der Waals surface area contributed by atoms with Gasteiger partial charge in [0.25, 0.3) is 5.91 Å². The number of carbonyl (C=O) groups is 1. The van der Waals surface area contributed by atoms with Gasteiger partial charge in [-0.3, -0.25) is 4.79 Å². The number of nitrogen functional groups attached to an aromatic ring is 1. The van der Waals surface area contributed by atoms with Crippen molar-refractivity contribution in [2.45, 2.75) is 12.3 Å². The molecule has 8 heteroatoms. The molecule has 0 aromatic heterocycles. The summed E-state index contributed by atoms with van der Waals surface area (Å²) in [4.78, 5) is 11.5. The number of anilines is 1. The van der Waals surface area contributed by atoms with Gasteiger partial charge in [0.15, 0.2) is 0 Å². The van der Waals surface area contributed by atoms with Crippen molar-refractivity contribution in [1.29, 1.82) is 0 Å². The number of amides is 1. The second kappa shape index (κ2) is 5.77. The van der Waals surface area contributed by atoms with E-state index in [4.69, 9.17) is 10.5 Å². The predicted octanol–water partition coefficient (Wildman–Crippen LogP) is 1.91. The highest BCUT2D eigenvalue weighted by Crippen LogP contribution is 2.23. The van der Waals surface area contributed by atoms with Crippen LogP contribution in [0.3, 0.4) is 0 Å². The van der Waals surface area contributed by atoms with E-state index in [1.165, 1.54) is 25.3 Å². The molecular weight excluding hydrogens is 268 g/mol. The third kappa shape index (κ3) is 3.73. The summed E-state index contributed by atoms with van der Waals surface area (Å²) in [6.07, 6.45) is -3.85. The van der Waals surface area contributed by atoms with Crippen molar-refractivity contribution < 1.29 is 27.1 Å². The first kappa shape index (κ1) is 15.1. The number of halogens is 4. The fraction of sp³-hybridized carbons (Fsp3) is 0.364. The number of ether oxygens (including phenoxy) is 1. The molecule has 1 aromatic carbocycles. The zero-order valence-corrected chi connectivity index (χ0v) is 9.92. The van der Waals surface area contributed by atoms with Gasteiger partial charge in [-0.05, 0) is 12.1 Å². The number of nitrogens with two attached hydrogens (primary N) is 1. The number of carbonyl (C=O) groups excluding carboxylic acids is 1. The molecule has 0 radical (unpaired) electrons. The third-order valence-electron chi connectivity index (χ3n) is 2.31. The number of hydrogen-bond acceptors (Lipinski definition) is 3. The summed E-state index contributed by atoms with van der Waals surface area (Å²) in [5.41, 5.74) is 5.43. The number of rotatable bonds is 5. The molecule has 0 aliphatic carbocycles. The van der Waals surface area contributed by atoms with Gasteiger partial charge in [0, 0.05) is 11.8 Å². The summed E-state index contributed by atoms with van der Waals surface area (Å²) in [6.45, 7) is -1.46. The van der Waals surface area contributed by atoms with Crippen molar-refractivity contribution in [2.75, 3.05) is 19.4 Å². The van der Waals surface area contributed by atoms with Gasteiger partial charge in [-0.1, -0.05) is 0 Å². The van der Waals surface area contributed by atoms with Crippen LogP contribution in [0.25, 0.3) is 0 Å². The SMILES string of the molecule is COc1ccc(C(=O)NCC(F)(F)C(F)F)c(N)c1. The molecule has 1 amide bonds. The Hall–Kier alpha value is -1.99. The summed E-state index contributed by atoms with van der Waals surface area (Å²) in [7, 11) is 1.39. The van der Waals surface area contributed by atoms with Crippen molar-refractivity contribution >= 4 is 11.6 Å². The van der Waals surface area contributed by atoms with E-state index >= 15 is 0 Å². The Morgan fingerprint density at radius 1 is 1.47 bits per heavy atom. The average molecular weight is 280 g/mol. The van der Waals surface area contributed by atoms with Gasteiger partial charge in [-0.2, -0.15) is 8.78 Å². The lowest BCUT2D eigenvalue weighted by molar-refractivity contribution is -0.123. The van der Waals surface area contributed by atoms with Crippen molar-refractivity contribution in [3.63, 3.8) is 0 Å². The molecule has 0 heterocycles. The molecule has 3 N–H and O–H groups in total. The summed E-state index contributed by atoms with van der Waals surface area (Å²) < 4.78 is 53.9. The molecule has 0 atom stereocenters. The molecule has 106 valence electrons. The van der Waals surface area contributed by atoms with Crippen LogP contribution in [0, 0.1) is 0 Å². The van der Waals surface area contributed by atoms with Crippen molar-refractivity contribution in [3.8, 4) is 5.75 Å². The number of benzene rings is 1. The Morgan fingerprint density at radius 3 is 2.58 bits per heavy atom. The van der Waals surface area contributed by atoms with Crippen LogP contribution in [0.5, 0.6) is 5.75 Å². The Labute approximate surface area is 106 Å². The average Bonchev–Trinajstić information content (AvgIpc) is 2.35. The van der Waals surface area contributed by atoms with Gasteiger partial charge in [-0.15, -0.1) is 0 Å². The van der Waals surface area contributed by atoms with Gasteiger partial charge < -0.3 is 15.8 Å². The van der Waals surface area contributed by atoms with Crippen molar-refractivity contribution in [1.82, 2.24) is 5.32 Å². The molecule has 0 aliphatic rings. The normalized spacial score (nSPS) is 11.5. The lowest BCUT2D eigenvalue weighted by Gasteiger charge is -2.16. The Kier molecular flexibility index (Phi) is 4.57. The molecule has 0 saturated heterocycles. The number of methoxy groups -OCH3 is 1. The first-order valence-corrected chi connectivity index (χ1v) is 5.15. The minimum Gasteiger partial charge on any atom is -0.497 e. The number of nitrogens with one attached hydrogen (secondary N) is 1. The molecule has 0 saturated carbocycles. The van der Waals surface area contributed by atoms with E-state index in [0.29, 0.717) is 5.75 Å². The smallest absolute Gasteiger partial charge is 0.324 e. The third-order valence-corrected chi connectivity index (χ3v) is 2.31. The highest BCUT2D eigenvalue weighted by molar-refractivity contribution is 5.99. The van der Waals surface area contributed by atoms with Crippen LogP contribution in [0.2, 0.25) is 0 Å². The summed E-state index contributed by atoms with van der Waals surface area (Å²) in [5, 5.41) is 1.71. The maximum Gasteiger partial charge on any atom is 0.324 e. The standard InChI is InChI=1S/C11H12F4N2O2/c1-19-6-2-3-7(8(16)4-6)9(18)17-5-11(14,15)10(12)13/h2-4,10H,5,16H2,1H3,(H,17,18). The molecule has 0 spiro atoms. The van der Waals surface area contributed by atoms with Crippen LogP contribution in [0.1, 0.15) is 10.4 Å². The van der Waals surface area contributed by atoms with Gasteiger partial charge in [0.2, 0.25) is 0 Å². The molecule has 0 unspecified atom stereocenters. The Bertz CT molecular complexity index is 466. The van der Waals surface area contributed by atoms with E-state index in [1.54, 1.807) is 5.32 Å². The van der Waals surface area contributed by atoms with Crippen LogP contribution in [0.15, 0.2) is 18.2 Å². The summed E-state index contributed by atoms with van der Waals surface area (Å²) >= 11 is 0. The highest BCUT2D eigenvalue weighted by atomic mass is 19.3. The van der Waals surface area contributed by atoms with Gasteiger partial charge in [-0.25, -0.2) is 8.78 Å². The van der Waals surface area contributed by atoms with E-state index in [1.807, 2.05) is 0 Å². The monoisotopic (exact) mass is 280 g/mol. The van der Waals surface area contributed by atoms with Crippen LogP contribution in [-0.4, -0.2) is 31.9 Å².